The largest absolute Gasteiger partial charge is 0.507 e. The number of hydrogen-bond donors (Lipinski definition) is 1. The van der Waals surface area contributed by atoms with E-state index >= 15 is 0 Å². The van der Waals surface area contributed by atoms with Gasteiger partial charge in [-0.2, -0.15) is 0 Å². The minimum Gasteiger partial charge on any atom is -0.507 e. The molecule has 0 bridgehead atoms. The van der Waals surface area contributed by atoms with Crippen LogP contribution >= 0.6 is 0 Å². The van der Waals surface area contributed by atoms with Crippen molar-refractivity contribution in [2.24, 2.45) is 0 Å². The fourth-order valence-corrected chi connectivity index (χ4v) is 4.02. The average Bonchev–Trinajstić information content (AvgIpc) is 3.38. The highest BCUT2D eigenvalue weighted by Gasteiger charge is 2.48. The van der Waals surface area contributed by atoms with Crippen LogP contribution in [0.2, 0.25) is 0 Å². The van der Waals surface area contributed by atoms with Crippen molar-refractivity contribution >= 4 is 28.8 Å². The van der Waals surface area contributed by atoms with Crippen LogP contribution in [0, 0.1) is 6.92 Å². The van der Waals surface area contributed by atoms with Crippen LogP contribution < -0.4 is 19.3 Å². The molecule has 2 heterocycles. The van der Waals surface area contributed by atoms with Crippen molar-refractivity contribution in [3.8, 4) is 11.5 Å². The SMILES string of the molecule is COc1ccc(/C(O)=C2/C(=O)C(=O)N(c3ccc(N(C)C)cc3)C2c2ccc(C)o2)cc1OC. The van der Waals surface area contributed by atoms with Gasteiger partial charge >= 0.3 is 0 Å². The first-order valence-corrected chi connectivity index (χ1v) is 10.6. The number of furan rings is 1. The van der Waals surface area contributed by atoms with Gasteiger partial charge in [-0.1, -0.05) is 0 Å². The Kier molecular flexibility index (Phi) is 6.06. The maximum absolute atomic E-state index is 13.2. The number of methoxy groups -OCH3 is 2. The van der Waals surface area contributed by atoms with E-state index in [9.17, 15) is 14.7 Å². The predicted octanol–water partition coefficient (Wildman–Crippen LogP) is 4.30. The van der Waals surface area contributed by atoms with E-state index < -0.39 is 17.7 Å². The number of carbonyl (C=O) groups is 2. The molecular formula is C26H26N2O6. The third-order valence-corrected chi connectivity index (χ3v) is 5.78. The Balaban J connectivity index is 1.89. The van der Waals surface area contributed by atoms with Gasteiger partial charge in [0.1, 0.15) is 23.3 Å². The van der Waals surface area contributed by atoms with Crippen LogP contribution in [0.15, 0.2) is 64.6 Å². The summed E-state index contributed by atoms with van der Waals surface area (Å²) in [5.41, 5.74) is 1.70. The van der Waals surface area contributed by atoms with E-state index in [1.807, 2.05) is 31.1 Å². The molecule has 0 radical (unpaired) electrons. The lowest BCUT2D eigenvalue weighted by molar-refractivity contribution is -0.132. The number of ether oxygens (including phenoxy) is 2. The van der Waals surface area contributed by atoms with Gasteiger partial charge in [-0.15, -0.1) is 0 Å². The number of Topliss-reactive ketones (excluding diaryl/α,β-unsaturated/α-hetero) is 1. The minimum atomic E-state index is -0.938. The number of rotatable bonds is 6. The number of carbonyl (C=O) groups excluding carboxylic acids is 2. The Hall–Kier alpha value is -4.20. The molecule has 8 heteroatoms. The van der Waals surface area contributed by atoms with E-state index in [0.29, 0.717) is 34.3 Å². The first kappa shape index (κ1) is 23.0. The molecule has 1 atom stereocenters. The van der Waals surface area contributed by atoms with Gasteiger partial charge in [0.05, 0.1) is 19.8 Å². The summed E-state index contributed by atoms with van der Waals surface area (Å²) in [7, 11) is 6.80. The van der Waals surface area contributed by atoms with Crippen molar-refractivity contribution in [2.75, 3.05) is 38.1 Å². The molecule has 3 aromatic rings. The molecule has 34 heavy (non-hydrogen) atoms. The first-order valence-electron chi connectivity index (χ1n) is 10.6. The molecule has 1 unspecified atom stereocenters. The smallest absolute Gasteiger partial charge is 0.300 e. The predicted molar refractivity (Wildman–Crippen MR) is 129 cm³/mol. The highest BCUT2D eigenvalue weighted by atomic mass is 16.5. The van der Waals surface area contributed by atoms with E-state index in [2.05, 4.69) is 0 Å². The molecule has 2 aromatic carbocycles. The Bertz CT molecular complexity index is 1270. The number of anilines is 2. The zero-order valence-corrected chi connectivity index (χ0v) is 19.7. The van der Waals surface area contributed by atoms with Crippen LogP contribution in [-0.4, -0.2) is 45.1 Å². The van der Waals surface area contributed by atoms with E-state index in [1.165, 1.54) is 19.1 Å². The molecule has 1 N–H and O–H groups in total. The van der Waals surface area contributed by atoms with E-state index in [1.54, 1.807) is 49.4 Å². The first-order chi connectivity index (χ1) is 16.3. The van der Waals surface area contributed by atoms with Crippen LogP contribution in [0.25, 0.3) is 5.76 Å². The normalized spacial score (nSPS) is 17.2. The molecule has 8 nitrogen and oxygen atoms in total. The number of nitrogens with zero attached hydrogens (tertiary/aromatic N) is 2. The Morgan fingerprint density at radius 3 is 2.21 bits per heavy atom. The van der Waals surface area contributed by atoms with Crippen LogP contribution in [0.5, 0.6) is 11.5 Å². The van der Waals surface area contributed by atoms with Gasteiger partial charge in [-0.25, -0.2) is 0 Å². The van der Waals surface area contributed by atoms with Crippen molar-refractivity contribution in [3.63, 3.8) is 0 Å². The molecule has 1 aliphatic rings. The second-order valence-electron chi connectivity index (χ2n) is 8.10. The topological polar surface area (TPSA) is 92.5 Å². The molecule has 0 spiro atoms. The lowest BCUT2D eigenvalue weighted by Gasteiger charge is -2.24. The van der Waals surface area contributed by atoms with Crippen molar-refractivity contribution in [1.29, 1.82) is 0 Å². The van der Waals surface area contributed by atoms with Gasteiger partial charge in [0.15, 0.2) is 11.5 Å². The van der Waals surface area contributed by atoms with Crippen LogP contribution in [0.4, 0.5) is 11.4 Å². The van der Waals surface area contributed by atoms with Gasteiger partial charge in [0, 0.05) is 31.0 Å². The highest BCUT2D eigenvalue weighted by Crippen LogP contribution is 2.43. The molecule has 1 fully saturated rings. The second-order valence-corrected chi connectivity index (χ2v) is 8.10. The molecule has 1 amide bonds. The molecular weight excluding hydrogens is 436 g/mol. The third kappa shape index (κ3) is 3.87. The molecule has 1 saturated heterocycles. The molecule has 1 aliphatic heterocycles. The summed E-state index contributed by atoms with van der Waals surface area (Å²) in [5.74, 6) is -0.0401. The number of benzene rings is 2. The Labute approximate surface area is 197 Å². The van der Waals surface area contributed by atoms with Gasteiger partial charge in [-0.05, 0) is 61.5 Å². The standard InChI is InChI=1S/C26H26N2O6/c1-15-6-12-20(34-15)23-22(24(29)16-7-13-19(32-4)21(14-16)33-5)25(30)26(31)28(23)18-10-8-17(9-11-18)27(2)3/h6-14,23,29H,1-5H3/b24-22-. The number of ketones is 1. The summed E-state index contributed by atoms with van der Waals surface area (Å²) in [6.45, 7) is 1.77. The molecule has 1 aromatic heterocycles. The summed E-state index contributed by atoms with van der Waals surface area (Å²) in [4.78, 5) is 29.7. The summed E-state index contributed by atoms with van der Waals surface area (Å²) in [6, 6.07) is 14.5. The van der Waals surface area contributed by atoms with Gasteiger partial charge in [0.2, 0.25) is 0 Å². The van der Waals surface area contributed by atoms with Gasteiger partial charge in [0.25, 0.3) is 11.7 Å². The third-order valence-electron chi connectivity index (χ3n) is 5.78. The minimum absolute atomic E-state index is 0.0664. The summed E-state index contributed by atoms with van der Waals surface area (Å²) in [6.07, 6.45) is 0. The second kappa shape index (κ2) is 8.97. The van der Waals surface area contributed by atoms with Gasteiger partial charge < -0.3 is 23.9 Å². The van der Waals surface area contributed by atoms with Crippen molar-refractivity contribution < 1.29 is 28.6 Å². The van der Waals surface area contributed by atoms with Crippen LogP contribution in [-0.2, 0) is 9.59 Å². The number of aliphatic hydroxyl groups excluding tert-OH is 1. The van der Waals surface area contributed by atoms with E-state index in [-0.39, 0.29) is 11.3 Å². The van der Waals surface area contributed by atoms with Crippen molar-refractivity contribution in [1.82, 2.24) is 0 Å². The lowest BCUT2D eigenvalue weighted by atomic mass is 9.99. The van der Waals surface area contributed by atoms with Crippen molar-refractivity contribution in [3.05, 3.63) is 77.3 Å². The number of aliphatic hydroxyl groups is 1. The average molecular weight is 463 g/mol. The fourth-order valence-electron chi connectivity index (χ4n) is 4.02. The van der Waals surface area contributed by atoms with E-state index in [0.717, 1.165) is 5.69 Å². The molecule has 176 valence electrons. The lowest BCUT2D eigenvalue weighted by Crippen LogP contribution is -2.29. The van der Waals surface area contributed by atoms with Crippen LogP contribution in [0.3, 0.4) is 0 Å². The fraction of sp³-hybridized carbons (Fsp3) is 0.231. The Morgan fingerprint density at radius 2 is 1.65 bits per heavy atom. The number of amides is 1. The molecule has 4 rings (SSSR count). The van der Waals surface area contributed by atoms with Gasteiger partial charge in [-0.3, -0.25) is 14.5 Å². The van der Waals surface area contributed by atoms with Crippen molar-refractivity contribution in [2.45, 2.75) is 13.0 Å². The Morgan fingerprint density at radius 1 is 0.971 bits per heavy atom. The van der Waals surface area contributed by atoms with E-state index in [4.69, 9.17) is 13.9 Å². The zero-order chi connectivity index (χ0) is 24.6. The monoisotopic (exact) mass is 462 g/mol. The summed E-state index contributed by atoms with van der Waals surface area (Å²) < 4.78 is 16.4. The molecule has 0 aliphatic carbocycles. The number of hydrogen-bond acceptors (Lipinski definition) is 7. The summed E-state index contributed by atoms with van der Waals surface area (Å²) >= 11 is 0. The summed E-state index contributed by atoms with van der Waals surface area (Å²) in [5, 5.41) is 11.2. The highest BCUT2D eigenvalue weighted by molar-refractivity contribution is 6.51. The quantitative estimate of drug-likeness (QED) is 0.332. The zero-order valence-electron chi connectivity index (χ0n) is 19.7. The maximum atomic E-state index is 13.2. The van der Waals surface area contributed by atoms with Crippen LogP contribution in [0.1, 0.15) is 23.1 Å². The maximum Gasteiger partial charge on any atom is 0.300 e. The number of aryl methyl sites for hydroxylation is 1. The molecule has 0 saturated carbocycles.